The summed E-state index contributed by atoms with van der Waals surface area (Å²) in [6.07, 6.45) is -1.18. The SMILES string of the molecule is Cc1ccc(C(F)(F)F)cc1-c1ccncc1. The number of aromatic nitrogens is 1. The molecule has 17 heavy (non-hydrogen) atoms. The van der Waals surface area contributed by atoms with Gasteiger partial charge in [-0.2, -0.15) is 13.2 Å². The van der Waals surface area contributed by atoms with Crippen molar-refractivity contribution < 1.29 is 13.2 Å². The number of aryl methyl sites for hydroxylation is 1. The summed E-state index contributed by atoms with van der Waals surface area (Å²) in [5.41, 5.74) is 1.50. The highest BCUT2D eigenvalue weighted by Gasteiger charge is 2.30. The Morgan fingerprint density at radius 2 is 1.65 bits per heavy atom. The van der Waals surface area contributed by atoms with Crippen molar-refractivity contribution in [1.29, 1.82) is 0 Å². The van der Waals surface area contributed by atoms with Gasteiger partial charge in [-0.3, -0.25) is 4.98 Å². The zero-order valence-electron chi connectivity index (χ0n) is 9.12. The van der Waals surface area contributed by atoms with Crippen LogP contribution in [-0.4, -0.2) is 4.98 Å². The van der Waals surface area contributed by atoms with Gasteiger partial charge in [0.05, 0.1) is 5.56 Å². The van der Waals surface area contributed by atoms with Crippen LogP contribution in [0.2, 0.25) is 0 Å². The molecule has 0 saturated carbocycles. The van der Waals surface area contributed by atoms with Gasteiger partial charge in [0, 0.05) is 12.4 Å². The second kappa shape index (κ2) is 4.20. The molecule has 0 N–H and O–H groups in total. The summed E-state index contributed by atoms with van der Waals surface area (Å²) in [5.74, 6) is 0. The molecule has 0 unspecified atom stereocenters. The molecule has 4 heteroatoms. The van der Waals surface area contributed by atoms with E-state index in [0.717, 1.165) is 17.2 Å². The molecular formula is C13H10F3N. The molecule has 0 aliphatic carbocycles. The predicted octanol–water partition coefficient (Wildman–Crippen LogP) is 4.08. The van der Waals surface area contributed by atoms with Crippen LogP contribution >= 0.6 is 0 Å². The van der Waals surface area contributed by atoms with Gasteiger partial charge >= 0.3 is 6.18 Å². The quantitative estimate of drug-likeness (QED) is 0.728. The van der Waals surface area contributed by atoms with Crippen LogP contribution in [0.15, 0.2) is 42.7 Å². The molecule has 0 atom stereocenters. The normalized spacial score (nSPS) is 11.5. The maximum Gasteiger partial charge on any atom is 0.416 e. The monoisotopic (exact) mass is 237 g/mol. The van der Waals surface area contributed by atoms with Crippen LogP contribution in [0.25, 0.3) is 11.1 Å². The van der Waals surface area contributed by atoms with Crippen LogP contribution < -0.4 is 0 Å². The minimum absolute atomic E-state index is 0.585. The first-order valence-corrected chi connectivity index (χ1v) is 5.07. The lowest BCUT2D eigenvalue weighted by molar-refractivity contribution is -0.137. The smallest absolute Gasteiger partial charge is 0.265 e. The van der Waals surface area contributed by atoms with Crippen molar-refractivity contribution in [3.8, 4) is 11.1 Å². The van der Waals surface area contributed by atoms with Crippen molar-refractivity contribution in [2.45, 2.75) is 13.1 Å². The van der Waals surface area contributed by atoms with Crippen molar-refractivity contribution in [1.82, 2.24) is 4.98 Å². The number of nitrogens with zero attached hydrogens (tertiary/aromatic N) is 1. The van der Waals surface area contributed by atoms with Gasteiger partial charge in [-0.05, 0) is 47.9 Å². The fourth-order valence-corrected chi connectivity index (χ4v) is 1.64. The van der Waals surface area contributed by atoms with E-state index in [2.05, 4.69) is 4.98 Å². The minimum atomic E-state index is -4.31. The standard InChI is InChI=1S/C13H10F3N/c1-9-2-3-11(13(14,15)16)8-12(9)10-4-6-17-7-5-10/h2-8H,1H3. The maximum atomic E-state index is 12.6. The first kappa shape index (κ1) is 11.6. The highest BCUT2D eigenvalue weighted by molar-refractivity contribution is 5.67. The van der Waals surface area contributed by atoms with E-state index in [-0.39, 0.29) is 0 Å². The third-order valence-corrected chi connectivity index (χ3v) is 2.56. The largest absolute Gasteiger partial charge is 0.416 e. The summed E-state index contributed by atoms with van der Waals surface area (Å²) in [6, 6.07) is 7.15. The molecule has 1 aromatic carbocycles. The van der Waals surface area contributed by atoms with E-state index in [0.29, 0.717) is 5.56 Å². The lowest BCUT2D eigenvalue weighted by Crippen LogP contribution is -2.05. The van der Waals surface area contributed by atoms with Crippen LogP contribution in [0.4, 0.5) is 13.2 Å². The number of rotatable bonds is 1. The Bertz CT molecular complexity index is 518. The van der Waals surface area contributed by atoms with Crippen LogP contribution in [0.3, 0.4) is 0 Å². The van der Waals surface area contributed by atoms with Gasteiger partial charge in [-0.15, -0.1) is 0 Å². The molecule has 2 aromatic rings. The second-order valence-corrected chi connectivity index (χ2v) is 3.76. The zero-order chi connectivity index (χ0) is 12.5. The topological polar surface area (TPSA) is 12.9 Å². The number of alkyl halides is 3. The molecule has 1 nitrogen and oxygen atoms in total. The predicted molar refractivity (Wildman–Crippen MR) is 59.4 cm³/mol. The lowest BCUT2D eigenvalue weighted by Gasteiger charge is -2.11. The molecule has 2 rings (SSSR count). The first-order chi connectivity index (χ1) is 7.98. The van der Waals surface area contributed by atoms with Crippen molar-refractivity contribution in [2.75, 3.05) is 0 Å². The molecule has 0 saturated heterocycles. The van der Waals surface area contributed by atoms with Gasteiger partial charge in [0.15, 0.2) is 0 Å². The van der Waals surface area contributed by atoms with E-state index < -0.39 is 11.7 Å². The summed E-state index contributed by atoms with van der Waals surface area (Å²) in [5, 5.41) is 0. The van der Waals surface area contributed by atoms with Crippen LogP contribution in [0, 0.1) is 6.92 Å². The van der Waals surface area contributed by atoms with Gasteiger partial charge in [0.25, 0.3) is 0 Å². The average Bonchev–Trinajstić information content (AvgIpc) is 2.29. The Kier molecular flexibility index (Phi) is 2.88. The first-order valence-electron chi connectivity index (χ1n) is 5.07. The number of pyridine rings is 1. The Balaban J connectivity index is 2.55. The van der Waals surface area contributed by atoms with E-state index in [4.69, 9.17) is 0 Å². The van der Waals surface area contributed by atoms with Gasteiger partial charge in [0.1, 0.15) is 0 Å². The maximum absolute atomic E-state index is 12.6. The molecule has 1 heterocycles. The molecular weight excluding hydrogens is 227 g/mol. The van der Waals surface area contributed by atoms with Crippen molar-refractivity contribution >= 4 is 0 Å². The van der Waals surface area contributed by atoms with E-state index in [1.54, 1.807) is 31.5 Å². The van der Waals surface area contributed by atoms with Crippen molar-refractivity contribution in [3.63, 3.8) is 0 Å². The van der Waals surface area contributed by atoms with Gasteiger partial charge in [-0.25, -0.2) is 0 Å². The molecule has 0 aliphatic rings. The number of halogens is 3. The van der Waals surface area contributed by atoms with Gasteiger partial charge < -0.3 is 0 Å². The van der Waals surface area contributed by atoms with E-state index in [9.17, 15) is 13.2 Å². The van der Waals surface area contributed by atoms with E-state index in [1.165, 1.54) is 12.1 Å². The molecule has 0 amide bonds. The molecule has 0 aliphatic heterocycles. The fourth-order valence-electron chi connectivity index (χ4n) is 1.64. The fraction of sp³-hybridized carbons (Fsp3) is 0.154. The second-order valence-electron chi connectivity index (χ2n) is 3.76. The highest BCUT2D eigenvalue weighted by Crippen LogP contribution is 2.33. The van der Waals surface area contributed by atoms with Crippen molar-refractivity contribution in [2.24, 2.45) is 0 Å². The number of benzene rings is 1. The summed E-state index contributed by atoms with van der Waals surface area (Å²) >= 11 is 0. The molecule has 0 fully saturated rings. The Labute approximate surface area is 96.9 Å². The molecule has 0 spiro atoms. The van der Waals surface area contributed by atoms with Crippen LogP contribution in [-0.2, 0) is 6.18 Å². The number of hydrogen-bond acceptors (Lipinski definition) is 1. The highest BCUT2D eigenvalue weighted by atomic mass is 19.4. The Hall–Kier alpha value is -1.84. The molecule has 0 radical (unpaired) electrons. The lowest BCUT2D eigenvalue weighted by atomic mass is 9.99. The average molecular weight is 237 g/mol. The van der Waals surface area contributed by atoms with E-state index >= 15 is 0 Å². The molecule has 1 aromatic heterocycles. The Morgan fingerprint density at radius 3 is 2.24 bits per heavy atom. The zero-order valence-corrected chi connectivity index (χ0v) is 9.12. The van der Waals surface area contributed by atoms with Crippen LogP contribution in [0.1, 0.15) is 11.1 Å². The summed E-state index contributed by atoms with van der Waals surface area (Å²) in [4.78, 5) is 3.85. The van der Waals surface area contributed by atoms with Gasteiger partial charge in [0.2, 0.25) is 0 Å². The Morgan fingerprint density at radius 1 is 1.00 bits per heavy atom. The molecule has 0 bridgehead atoms. The van der Waals surface area contributed by atoms with Crippen LogP contribution in [0.5, 0.6) is 0 Å². The van der Waals surface area contributed by atoms with E-state index in [1.807, 2.05) is 0 Å². The van der Waals surface area contributed by atoms with Crippen molar-refractivity contribution in [3.05, 3.63) is 53.9 Å². The third kappa shape index (κ3) is 2.46. The summed E-state index contributed by atoms with van der Waals surface area (Å²) in [7, 11) is 0. The summed E-state index contributed by atoms with van der Waals surface area (Å²) in [6.45, 7) is 1.79. The summed E-state index contributed by atoms with van der Waals surface area (Å²) < 4.78 is 37.8. The third-order valence-electron chi connectivity index (χ3n) is 2.56. The minimum Gasteiger partial charge on any atom is -0.265 e. The number of hydrogen-bond donors (Lipinski definition) is 0. The molecule has 88 valence electrons. The van der Waals surface area contributed by atoms with Gasteiger partial charge in [-0.1, -0.05) is 6.07 Å².